The number of amidine groups is 1. The smallest absolute Gasteiger partial charge is 0.239 e. The molecule has 2 aromatic carbocycles. The van der Waals surface area contributed by atoms with Gasteiger partial charge in [0.2, 0.25) is 5.91 Å². The topological polar surface area (TPSA) is 51.1 Å². The van der Waals surface area contributed by atoms with Crippen molar-refractivity contribution >= 4 is 28.9 Å². The number of hydrogen-bond donors (Lipinski definition) is 0. The van der Waals surface area contributed by atoms with Crippen molar-refractivity contribution in [3.63, 3.8) is 0 Å². The molecule has 1 fully saturated rings. The lowest BCUT2D eigenvalue weighted by atomic mass is 9.85. The summed E-state index contributed by atoms with van der Waals surface area (Å²) >= 11 is 1.55. The van der Waals surface area contributed by atoms with Crippen LogP contribution in [0.2, 0.25) is 0 Å². The summed E-state index contributed by atoms with van der Waals surface area (Å²) in [7, 11) is 3.36. The third-order valence-electron chi connectivity index (χ3n) is 6.48. The summed E-state index contributed by atoms with van der Waals surface area (Å²) in [5.41, 5.74) is 5.81. The van der Waals surface area contributed by atoms with Crippen LogP contribution < -0.4 is 9.47 Å². The van der Waals surface area contributed by atoms with Crippen LogP contribution in [-0.4, -0.2) is 35.9 Å². The Balaban J connectivity index is 1.63. The number of fused-ring (bicyclic) bond motifs is 1. The van der Waals surface area contributed by atoms with Gasteiger partial charge >= 0.3 is 0 Å². The van der Waals surface area contributed by atoms with Gasteiger partial charge in [0.05, 0.1) is 31.7 Å². The summed E-state index contributed by atoms with van der Waals surface area (Å²) in [6.07, 6.45) is 7.61. The highest BCUT2D eigenvalue weighted by molar-refractivity contribution is 8.15. The molecule has 0 radical (unpaired) electrons. The van der Waals surface area contributed by atoms with E-state index in [4.69, 9.17) is 14.5 Å². The second kappa shape index (κ2) is 9.48. The van der Waals surface area contributed by atoms with Crippen molar-refractivity contribution in [1.82, 2.24) is 4.90 Å². The predicted octanol–water partition coefficient (Wildman–Crippen LogP) is 5.99. The average Bonchev–Trinajstić information content (AvgIpc) is 3.22. The lowest BCUT2D eigenvalue weighted by molar-refractivity contribution is -0.125. The number of carbonyl (C=O) groups is 1. The number of ether oxygens (including phenoxy) is 2. The lowest BCUT2D eigenvalue weighted by Crippen LogP contribution is -2.38. The molecule has 2 aliphatic heterocycles. The molecule has 1 amide bonds. The van der Waals surface area contributed by atoms with Crippen LogP contribution in [0.25, 0.3) is 6.08 Å². The van der Waals surface area contributed by atoms with Gasteiger partial charge in [-0.3, -0.25) is 9.69 Å². The maximum absolute atomic E-state index is 12.9. The van der Waals surface area contributed by atoms with Crippen LogP contribution in [0, 0.1) is 0 Å². The summed E-state index contributed by atoms with van der Waals surface area (Å²) in [5, 5.41) is 0.820. The predicted molar refractivity (Wildman–Crippen MR) is 134 cm³/mol. The van der Waals surface area contributed by atoms with Gasteiger partial charge < -0.3 is 9.47 Å². The number of amides is 1. The van der Waals surface area contributed by atoms with Crippen molar-refractivity contribution in [3.05, 3.63) is 76.5 Å². The Bertz CT molecular complexity index is 1130. The quantitative estimate of drug-likeness (QED) is 0.562. The van der Waals surface area contributed by atoms with Crippen molar-refractivity contribution in [3.8, 4) is 11.5 Å². The van der Waals surface area contributed by atoms with Crippen molar-refractivity contribution < 1.29 is 14.3 Å². The van der Waals surface area contributed by atoms with Gasteiger partial charge in [-0.15, -0.1) is 0 Å². The maximum Gasteiger partial charge on any atom is 0.239 e. The molecule has 5 nitrogen and oxygen atoms in total. The Labute approximate surface area is 199 Å². The summed E-state index contributed by atoms with van der Waals surface area (Å²) < 4.78 is 10.7. The molecule has 2 aromatic rings. The minimum absolute atomic E-state index is 0.113. The largest absolute Gasteiger partial charge is 0.497 e. The fourth-order valence-corrected chi connectivity index (χ4v) is 5.70. The van der Waals surface area contributed by atoms with E-state index in [1.54, 1.807) is 26.0 Å². The fourth-order valence-electron chi connectivity index (χ4n) is 4.80. The molecule has 1 aliphatic carbocycles. The molecule has 0 spiro atoms. The third-order valence-corrected chi connectivity index (χ3v) is 7.42. The van der Waals surface area contributed by atoms with Crippen LogP contribution >= 0.6 is 11.8 Å². The molecule has 170 valence electrons. The molecule has 1 atom stereocenters. The van der Waals surface area contributed by atoms with Crippen LogP contribution in [0.15, 0.2) is 70.4 Å². The molecule has 0 N–H and O–H groups in total. The van der Waals surface area contributed by atoms with E-state index < -0.39 is 0 Å². The number of benzene rings is 2. The van der Waals surface area contributed by atoms with E-state index in [0.29, 0.717) is 5.75 Å². The van der Waals surface area contributed by atoms with Crippen molar-refractivity contribution in [2.24, 2.45) is 4.99 Å². The first-order valence-corrected chi connectivity index (χ1v) is 12.4. The van der Waals surface area contributed by atoms with E-state index in [1.165, 1.54) is 17.6 Å². The zero-order chi connectivity index (χ0) is 22.8. The van der Waals surface area contributed by atoms with Crippen molar-refractivity contribution in [2.45, 2.75) is 38.1 Å². The zero-order valence-electron chi connectivity index (χ0n) is 19.0. The van der Waals surface area contributed by atoms with Gasteiger partial charge in [0.1, 0.15) is 11.5 Å². The van der Waals surface area contributed by atoms with Gasteiger partial charge in [-0.1, -0.05) is 42.4 Å². The van der Waals surface area contributed by atoms with E-state index in [0.717, 1.165) is 59.2 Å². The number of thioether (sulfide) groups is 1. The molecular formula is C27H28N2O3S. The Kier molecular flexibility index (Phi) is 6.27. The normalized spacial score (nSPS) is 21.8. The highest BCUT2D eigenvalue weighted by atomic mass is 32.2. The van der Waals surface area contributed by atoms with E-state index in [2.05, 4.69) is 30.3 Å². The minimum atomic E-state index is -0.113. The summed E-state index contributed by atoms with van der Waals surface area (Å²) in [4.78, 5) is 19.9. The zero-order valence-corrected chi connectivity index (χ0v) is 19.9. The van der Waals surface area contributed by atoms with Gasteiger partial charge in [-0.2, -0.15) is 0 Å². The molecule has 6 heteroatoms. The molecule has 2 heterocycles. The number of hydrogen-bond acceptors (Lipinski definition) is 5. The average molecular weight is 461 g/mol. The second-order valence-electron chi connectivity index (χ2n) is 8.50. The SMILES string of the molecule is COc1ccc(/C=C2\CCCCCC3=C2N=C2SCC(=O)N2[C@@H]3c2ccc(OC)cc2)cc1. The van der Waals surface area contributed by atoms with Gasteiger partial charge in [-0.25, -0.2) is 4.99 Å². The van der Waals surface area contributed by atoms with E-state index in [-0.39, 0.29) is 11.9 Å². The first kappa shape index (κ1) is 21.8. The Morgan fingerprint density at radius 1 is 0.939 bits per heavy atom. The number of carbonyl (C=O) groups excluding carboxylic acids is 1. The molecule has 3 aliphatic rings. The monoisotopic (exact) mass is 460 g/mol. The highest BCUT2D eigenvalue weighted by Crippen LogP contribution is 2.46. The van der Waals surface area contributed by atoms with Gasteiger partial charge in [0.15, 0.2) is 5.17 Å². The number of allylic oxidation sites excluding steroid dienone is 1. The van der Waals surface area contributed by atoms with Gasteiger partial charge in [-0.05, 0) is 78.3 Å². The van der Waals surface area contributed by atoms with Crippen LogP contribution in [0.4, 0.5) is 0 Å². The number of methoxy groups -OCH3 is 2. The maximum atomic E-state index is 12.9. The molecule has 0 aromatic heterocycles. The van der Waals surface area contributed by atoms with Crippen molar-refractivity contribution in [1.29, 1.82) is 0 Å². The molecule has 0 unspecified atom stereocenters. The Morgan fingerprint density at radius 2 is 1.61 bits per heavy atom. The van der Waals surface area contributed by atoms with E-state index in [1.807, 2.05) is 29.2 Å². The molecule has 0 saturated carbocycles. The summed E-state index contributed by atoms with van der Waals surface area (Å²) in [6, 6.07) is 16.2. The van der Waals surface area contributed by atoms with Crippen LogP contribution in [0.5, 0.6) is 11.5 Å². The molecule has 1 saturated heterocycles. The molecule has 5 rings (SSSR count). The first-order valence-electron chi connectivity index (χ1n) is 11.4. The molecule has 0 bridgehead atoms. The highest BCUT2D eigenvalue weighted by Gasteiger charge is 2.41. The summed E-state index contributed by atoms with van der Waals surface area (Å²) in [5.74, 6) is 2.25. The molecule has 33 heavy (non-hydrogen) atoms. The Hall–Kier alpha value is -2.99. The fraction of sp³-hybridized carbons (Fsp3) is 0.333. The van der Waals surface area contributed by atoms with E-state index in [9.17, 15) is 4.79 Å². The second-order valence-corrected chi connectivity index (χ2v) is 9.44. The van der Waals surface area contributed by atoms with Crippen LogP contribution in [-0.2, 0) is 4.79 Å². The van der Waals surface area contributed by atoms with Crippen LogP contribution in [0.1, 0.15) is 49.3 Å². The number of aliphatic imine (C=N–C) groups is 1. The van der Waals surface area contributed by atoms with Gasteiger partial charge in [0, 0.05) is 0 Å². The standard InChI is InChI=1S/C27H28N2O3S/c1-31-21-12-8-18(9-13-21)16-20-6-4-3-5-7-23-25(20)28-27-29(24(30)17-33-27)26(23)19-10-14-22(32-2)15-11-19/h8-16,26H,3-7,17H2,1-2H3/b20-16+/t26-/m1/s1. The van der Waals surface area contributed by atoms with Crippen LogP contribution in [0.3, 0.4) is 0 Å². The number of nitrogens with zero attached hydrogens (tertiary/aromatic N) is 2. The Morgan fingerprint density at radius 3 is 2.30 bits per heavy atom. The number of rotatable bonds is 4. The third kappa shape index (κ3) is 4.32. The van der Waals surface area contributed by atoms with Crippen molar-refractivity contribution in [2.75, 3.05) is 20.0 Å². The van der Waals surface area contributed by atoms with Gasteiger partial charge in [0.25, 0.3) is 0 Å². The summed E-state index contributed by atoms with van der Waals surface area (Å²) in [6.45, 7) is 0. The molecular weight excluding hydrogens is 432 g/mol. The van der Waals surface area contributed by atoms with E-state index >= 15 is 0 Å². The minimum Gasteiger partial charge on any atom is -0.497 e. The first-order chi connectivity index (χ1) is 16.2. The lowest BCUT2D eigenvalue weighted by Gasteiger charge is -2.36.